The number of ether oxygens (including phenoxy) is 2. The van der Waals surface area contributed by atoms with Gasteiger partial charge in [-0.1, -0.05) is 24.9 Å². The highest BCUT2D eigenvalue weighted by molar-refractivity contribution is 6.30. The number of carbonyl (C=O) groups is 2. The van der Waals surface area contributed by atoms with Gasteiger partial charge in [0.15, 0.2) is 5.41 Å². The van der Waals surface area contributed by atoms with Crippen molar-refractivity contribution >= 4 is 23.5 Å². The van der Waals surface area contributed by atoms with Crippen LogP contribution in [-0.2, 0) is 14.3 Å². The van der Waals surface area contributed by atoms with E-state index in [2.05, 4.69) is 0 Å². The third-order valence-corrected chi connectivity index (χ3v) is 3.03. The van der Waals surface area contributed by atoms with E-state index in [4.69, 9.17) is 21.1 Å². The Bertz CT molecular complexity index is 465. The molecule has 0 amide bonds. The van der Waals surface area contributed by atoms with Crippen LogP contribution < -0.4 is 4.74 Å². The minimum atomic E-state index is -1.34. The molecule has 5 heteroatoms. The molecule has 4 nitrogen and oxygen atoms in total. The average molecular weight is 299 g/mol. The Morgan fingerprint density at radius 1 is 1.15 bits per heavy atom. The molecule has 0 saturated carbocycles. The van der Waals surface area contributed by atoms with Crippen molar-refractivity contribution < 1.29 is 19.1 Å². The van der Waals surface area contributed by atoms with Gasteiger partial charge in [0.05, 0.1) is 6.61 Å². The standard InChI is InChI=1S/C15H19ClO4/c1-4-5-10-19-13(17)15(2,3)14(18)20-12-8-6-11(16)7-9-12/h6-9H,4-5,10H2,1-3H3. The highest BCUT2D eigenvalue weighted by Gasteiger charge is 2.39. The predicted octanol–water partition coefficient (Wildman–Crippen LogP) is 3.61. The minimum Gasteiger partial charge on any atom is -0.465 e. The molecular formula is C15H19ClO4. The van der Waals surface area contributed by atoms with Crippen LogP contribution in [0, 0.1) is 5.41 Å². The number of carbonyl (C=O) groups excluding carboxylic acids is 2. The van der Waals surface area contributed by atoms with Crippen molar-refractivity contribution in [2.45, 2.75) is 33.6 Å². The van der Waals surface area contributed by atoms with E-state index in [0.29, 0.717) is 17.4 Å². The van der Waals surface area contributed by atoms with Crippen LogP contribution in [0.3, 0.4) is 0 Å². The van der Waals surface area contributed by atoms with Crippen molar-refractivity contribution in [3.05, 3.63) is 29.3 Å². The Morgan fingerprint density at radius 3 is 2.30 bits per heavy atom. The zero-order valence-electron chi connectivity index (χ0n) is 11.9. The van der Waals surface area contributed by atoms with Gasteiger partial charge in [0.2, 0.25) is 0 Å². The van der Waals surface area contributed by atoms with Crippen LogP contribution >= 0.6 is 11.6 Å². The molecule has 0 fully saturated rings. The molecule has 20 heavy (non-hydrogen) atoms. The number of halogens is 1. The lowest BCUT2D eigenvalue weighted by atomic mass is 9.94. The van der Waals surface area contributed by atoms with E-state index in [0.717, 1.165) is 12.8 Å². The summed E-state index contributed by atoms with van der Waals surface area (Å²) in [6.07, 6.45) is 1.69. The number of rotatable bonds is 6. The topological polar surface area (TPSA) is 52.6 Å². The monoisotopic (exact) mass is 298 g/mol. The molecule has 0 aliphatic heterocycles. The van der Waals surface area contributed by atoms with Crippen molar-refractivity contribution in [1.82, 2.24) is 0 Å². The second-order valence-corrected chi connectivity index (χ2v) is 5.39. The van der Waals surface area contributed by atoms with E-state index in [-0.39, 0.29) is 0 Å². The third-order valence-electron chi connectivity index (χ3n) is 2.78. The fraction of sp³-hybridized carbons (Fsp3) is 0.467. The summed E-state index contributed by atoms with van der Waals surface area (Å²) in [5, 5.41) is 0.544. The zero-order valence-corrected chi connectivity index (χ0v) is 12.7. The van der Waals surface area contributed by atoms with Gasteiger partial charge in [0.25, 0.3) is 0 Å². The van der Waals surface area contributed by atoms with Crippen molar-refractivity contribution in [1.29, 1.82) is 0 Å². The Hall–Kier alpha value is -1.55. The van der Waals surface area contributed by atoms with Crippen LogP contribution in [0.2, 0.25) is 5.02 Å². The molecule has 0 aromatic heterocycles. The zero-order chi connectivity index (χ0) is 15.2. The maximum absolute atomic E-state index is 12.0. The maximum Gasteiger partial charge on any atom is 0.328 e. The van der Waals surface area contributed by atoms with Gasteiger partial charge < -0.3 is 9.47 Å². The highest BCUT2D eigenvalue weighted by atomic mass is 35.5. The molecule has 0 spiro atoms. The number of hydrogen-bond donors (Lipinski definition) is 0. The summed E-state index contributed by atoms with van der Waals surface area (Å²) in [5.74, 6) is -0.889. The van der Waals surface area contributed by atoms with Crippen LogP contribution in [-0.4, -0.2) is 18.5 Å². The van der Waals surface area contributed by atoms with Crippen LogP contribution in [0.5, 0.6) is 5.75 Å². The van der Waals surface area contributed by atoms with E-state index in [1.807, 2.05) is 6.92 Å². The minimum absolute atomic E-state index is 0.312. The van der Waals surface area contributed by atoms with Crippen LogP contribution in [0.1, 0.15) is 33.6 Å². The summed E-state index contributed by atoms with van der Waals surface area (Å²) in [6.45, 7) is 5.28. The van der Waals surface area contributed by atoms with E-state index < -0.39 is 17.4 Å². The van der Waals surface area contributed by atoms with Gasteiger partial charge in [-0.25, -0.2) is 0 Å². The molecule has 0 saturated heterocycles. The molecule has 0 heterocycles. The lowest BCUT2D eigenvalue weighted by molar-refractivity contribution is -0.164. The van der Waals surface area contributed by atoms with Crippen molar-refractivity contribution in [2.24, 2.45) is 5.41 Å². The van der Waals surface area contributed by atoms with Gasteiger partial charge in [-0.2, -0.15) is 0 Å². The van der Waals surface area contributed by atoms with E-state index in [1.54, 1.807) is 24.3 Å². The SMILES string of the molecule is CCCCOC(=O)C(C)(C)C(=O)Oc1ccc(Cl)cc1. The summed E-state index contributed by atoms with van der Waals surface area (Å²) in [4.78, 5) is 23.9. The normalized spacial score (nSPS) is 11.0. The van der Waals surface area contributed by atoms with Crippen molar-refractivity contribution in [2.75, 3.05) is 6.61 Å². The fourth-order valence-electron chi connectivity index (χ4n) is 1.31. The van der Waals surface area contributed by atoms with Crippen molar-refractivity contribution in [3.63, 3.8) is 0 Å². The molecule has 1 aromatic rings. The van der Waals surface area contributed by atoms with E-state index in [9.17, 15) is 9.59 Å². The first-order chi connectivity index (χ1) is 9.37. The predicted molar refractivity (Wildman–Crippen MR) is 76.7 cm³/mol. The number of benzene rings is 1. The summed E-state index contributed by atoms with van der Waals surface area (Å²) in [6, 6.07) is 6.35. The fourth-order valence-corrected chi connectivity index (χ4v) is 1.44. The Balaban J connectivity index is 2.64. The van der Waals surface area contributed by atoms with Gasteiger partial charge in [-0.3, -0.25) is 9.59 Å². The molecule has 0 N–H and O–H groups in total. The van der Waals surface area contributed by atoms with Gasteiger partial charge in [-0.15, -0.1) is 0 Å². The molecule has 0 radical (unpaired) electrons. The third kappa shape index (κ3) is 4.53. The molecule has 1 aromatic carbocycles. The molecule has 0 atom stereocenters. The van der Waals surface area contributed by atoms with Gasteiger partial charge in [-0.05, 0) is 44.5 Å². The van der Waals surface area contributed by atoms with Crippen LogP contribution in [0.15, 0.2) is 24.3 Å². The van der Waals surface area contributed by atoms with E-state index >= 15 is 0 Å². The average Bonchev–Trinajstić information content (AvgIpc) is 2.41. The molecule has 0 aliphatic carbocycles. The Morgan fingerprint density at radius 2 is 1.75 bits per heavy atom. The number of unbranched alkanes of at least 4 members (excludes halogenated alkanes) is 1. The Labute approximate surface area is 124 Å². The lowest BCUT2D eigenvalue weighted by Gasteiger charge is -2.20. The largest absolute Gasteiger partial charge is 0.465 e. The quantitative estimate of drug-likeness (QED) is 0.348. The van der Waals surface area contributed by atoms with Crippen molar-refractivity contribution in [3.8, 4) is 5.75 Å². The number of esters is 2. The summed E-state index contributed by atoms with van der Waals surface area (Å²) in [5.41, 5.74) is -1.34. The maximum atomic E-state index is 12.0. The molecule has 0 aliphatic rings. The molecular weight excluding hydrogens is 280 g/mol. The second kappa shape index (κ2) is 7.29. The molecule has 0 bridgehead atoms. The first-order valence-electron chi connectivity index (χ1n) is 6.53. The van der Waals surface area contributed by atoms with E-state index in [1.165, 1.54) is 13.8 Å². The summed E-state index contributed by atoms with van der Waals surface area (Å²) < 4.78 is 10.2. The van der Waals surface area contributed by atoms with Crippen LogP contribution in [0.4, 0.5) is 0 Å². The van der Waals surface area contributed by atoms with Gasteiger partial charge in [0, 0.05) is 5.02 Å². The second-order valence-electron chi connectivity index (χ2n) is 4.96. The summed E-state index contributed by atoms with van der Waals surface area (Å²) >= 11 is 5.74. The van der Waals surface area contributed by atoms with Crippen LogP contribution in [0.25, 0.3) is 0 Å². The first-order valence-corrected chi connectivity index (χ1v) is 6.90. The highest BCUT2D eigenvalue weighted by Crippen LogP contribution is 2.23. The smallest absolute Gasteiger partial charge is 0.328 e. The molecule has 110 valence electrons. The molecule has 1 rings (SSSR count). The lowest BCUT2D eigenvalue weighted by Crippen LogP contribution is -2.38. The Kier molecular flexibility index (Phi) is 6.02. The van der Waals surface area contributed by atoms with Gasteiger partial charge in [0.1, 0.15) is 5.75 Å². The number of hydrogen-bond acceptors (Lipinski definition) is 4. The molecule has 0 unspecified atom stereocenters. The van der Waals surface area contributed by atoms with Gasteiger partial charge >= 0.3 is 11.9 Å². The summed E-state index contributed by atoms with van der Waals surface area (Å²) in [7, 11) is 0. The first kappa shape index (κ1) is 16.5.